The maximum Gasteiger partial charge on any atom is 0.362 e. The second kappa shape index (κ2) is 13.9. The number of hydrogen-bond donors (Lipinski definition) is 6. The Bertz CT molecular complexity index is 413. The predicted molar refractivity (Wildman–Crippen MR) is 94.9 cm³/mol. The van der Waals surface area contributed by atoms with Gasteiger partial charge >= 0.3 is 11.9 Å². The van der Waals surface area contributed by atoms with E-state index in [1.165, 1.54) is 38.5 Å². The van der Waals surface area contributed by atoms with Crippen LogP contribution >= 0.6 is 0 Å². The zero-order valence-corrected chi connectivity index (χ0v) is 15.3. The lowest BCUT2D eigenvalue weighted by atomic mass is 10.1. The van der Waals surface area contributed by atoms with Gasteiger partial charge in [0, 0.05) is 6.61 Å². The first-order valence-electron chi connectivity index (χ1n) is 8.78. The quantitative estimate of drug-likeness (QED) is 0.231. The van der Waals surface area contributed by atoms with E-state index in [1.807, 2.05) is 30.3 Å². The van der Waals surface area contributed by atoms with Crippen LogP contribution in [-0.2, 0) is 4.74 Å². The molecule has 8 heteroatoms. The molecule has 0 bridgehead atoms. The molecule has 0 atom stereocenters. The molecule has 0 radical (unpaired) electrons. The monoisotopic (exact) mass is 376 g/mol. The smallest absolute Gasteiger partial charge is 0.362 e. The highest BCUT2D eigenvalue weighted by molar-refractivity contribution is 5.20. The molecule has 0 heterocycles. The maximum absolute atomic E-state index is 7.72. The molecule has 0 aromatic heterocycles. The molecule has 1 aromatic carbocycles. The molecule has 0 aliphatic rings. The van der Waals surface area contributed by atoms with Crippen LogP contribution in [0.1, 0.15) is 45.4 Å². The van der Waals surface area contributed by atoms with Crippen molar-refractivity contribution in [2.24, 2.45) is 0 Å². The highest BCUT2D eigenvalue weighted by Gasteiger charge is 2.44. The predicted octanol–water partition coefficient (Wildman–Crippen LogP) is 0.690. The molecule has 0 fully saturated rings. The Labute approximate surface area is 154 Å². The van der Waals surface area contributed by atoms with Crippen LogP contribution in [0.5, 0.6) is 5.75 Å². The number of rotatable bonds is 12. The first-order chi connectivity index (χ1) is 12.2. The third-order valence-electron chi connectivity index (χ3n) is 3.33. The molecular weight excluding hydrogens is 344 g/mol. The lowest BCUT2D eigenvalue weighted by Crippen LogP contribution is -2.54. The number of hydrogen-bond acceptors (Lipinski definition) is 8. The summed E-state index contributed by atoms with van der Waals surface area (Å²) in [5.41, 5.74) is 0. The van der Waals surface area contributed by atoms with Gasteiger partial charge in [0.1, 0.15) is 12.4 Å². The van der Waals surface area contributed by atoms with E-state index in [-0.39, 0.29) is 0 Å². The van der Waals surface area contributed by atoms with Crippen molar-refractivity contribution in [1.82, 2.24) is 0 Å². The second-order valence-electron chi connectivity index (χ2n) is 5.81. The summed E-state index contributed by atoms with van der Waals surface area (Å²) < 4.78 is 11.1. The second-order valence-corrected chi connectivity index (χ2v) is 5.81. The van der Waals surface area contributed by atoms with E-state index < -0.39 is 11.9 Å². The van der Waals surface area contributed by atoms with Crippen molar-refractivity contribution < 1.29 is 40.1 Å². The largest absolute Gasteiger partial charge is 0.491 e. The van der Waals surface area contributed by atoms with E-state index in [0.29, 0.717) is 13.2 Å². The normalized spacial score (nSPS) is 11.7. The minimum Gasteiger partial charge on any atom is -0.491 e. The molecule has 0 amide bonds. The van der Waals surface area contributed by atoms with E-state index in [0.717, 1.165) is 12.4 Å². The topological polar surface area (TPSA) is 140 Å². The molecule has 0 saturated heterocycles. The van der Waals surface area contributed by atoms with Crippen LogP contribution in [0, 0.1) is 0 Å². The lowest BCUT2D eigenvalue weighted by molar-refractivity contribution is -0.512. The summed E-state index contributed by atoms with van der Waals surface area (Å²) in [7, 11) is 0. The van der Waals surface area contributed by atoms with Gasteiger partial charge in [-0.15, -0.1) is 0 Å². The molecule has 0 aliphatic carbocycles. The minimum atomic E-state index is -3.90. The van der Waals surface area contributed by atoms with Crippen LogP contribution in [-0.4, -0.2) is 62.4 Å². The summed E-state index contributed by atoms with van der Waals surface area (Å²) in [6.07, 6.45) is 7.86. The number of benzene rings is 1. The van der Waals surface area contributed by atoms with Crippen molar-refractivity contribution in [3.05, 3.63) is 30.3 Å². The van der Waals surface area contributed by atoms with Gasteiger partial charge in [-0.2, -0.15) is 0 Å². The van der Waals surface area contributed by atoms with Gasteiger partial charge < -0.3 is 40.1 Å². The molecule has 26 heavy (non-hydrogen) atoms. The van der Waals surface area contributed by atoms with Gasteiger partial charge in [-0.3, -0.25) is 0 Å². The van der Waals surface area contributed by atoms with Gasteiger partial charge in [0.2, 0.25) is 0 Å². The molecule has 8 nitrogen and oxygen atoms in total. The zero-order valence-electron chi connectivity index (χ0n) is 15.3. The Balaban J connectivity index is 0.000000660. The minimum absolute atomic E-state index is 0.639. The van der Waals surface area contributed by atoms with E-state index in [1.54, 1.807) is 0 Å². The van der Waals surface area contributed by atoms with Crippen LogP contribution in [0.2, 0.25) is 0 Å². The van der Waals surface area contributed by atoms with Gasteiger partial charge in [0.15, 0.2) is 0 Å². The molecule has 6 N–H and O–H groups in total. The van der Waals surface area contributed by atoms with Crippen molar-refractivity contribution >= 4 is 0 Å². The van der Waals surface area contributed by atoms with Crippen LogP contribution < -0.4 is 4.74 Å². The Morgan fingerprint density at radius 1 is 0.692 bits per heavy atom. The fraction of sp³-hybridized carbons (Fsp3) is 0.667. The molecule has 152 valence electrons. The highest BCUT2D eigenvalue weighted by atomic mass is 16.8. The average molecular weight is 376 g/mol. The summed E-state index contributed by atoms with van der Waals surface area (Å²) in [5.74, 6) is -6.87. The zero-order chi connectivity index (χ0) is 19.9. The number of para-hydroxylation sites is 1. The van der Waals surface area contributed by atoms with Gasteiger partial charge in [0.05, 0.1) is 6.61 Å². The molecule has 0 unspecified atom stereocenters. The molecule has 0 saturated carbocycles. The summed E-state index contributed by atoms with van der Waals surface area (Å²) in [6, 6.07) is 9.88. The Hall–Kier alpha value is -1.26. The van der Waals surface area contributed by atoms with Crippen molar-refractivity contribution in [2.45, 2.75) is 57.4 Å². The third-order valence-corrected chi connectivity index (χ3v) is 3.33. The summed E-state index contributed by atoms with van der Waals surface area (Å²) in [4.78, 5) is 0. The summed E-state index contributed by atoms with van der Waals surface area (Å²) in [5, 5.41) is 46.3. The van der Waals surface area contributed by atoms with E-state index in [2.05, 4.69) is 6.92 Å². The fourth-order valence-corrected chi connectivity index (χ4v) is 1.82. The first-order valence-corrected chi connectivity index (χ1v) is 8.78. The summed E-state index contributed by atoms with van der Waals surface area (Å²) >= 11 is 0. The van der Waals surface area contributed by atoms with Gasteiger partial charge in [0.25, 0.3) is 0 Å². The van der Waals surface area contributed by atoms with Crippen molar-refractivity contribution in [1.29, 1.82) is 0 Å². The average Bonchev–Trinajstić information content (AvgIpc) is 2.56. The fourth-order valence-electron chi connectivity index (χ4n) is 1.82. The third kappa shape index (κ3) is 14.0. The number of aliphatic hydroxyl groups is 6. The van der Waals surface area contributed by atoms with E-state index in [9.17, 15) is 0 Å². The lowest BCUT2D eigenvalue weighted by Gasteiger charge is -2.23. The van der Waals surface area contributed by atoms with Gasteiger partial charge in [-0.1, -0.05) is 57.2 Å². The SMILES string of the molecule is CCCCCCCCOCCOc1ccccc1.OC(O)(O)C(O)(O)O. The van der Waals surface area contributed by atoms with Crippen LogP contribution in [0.4, 0.5) is 0 Å². The van der Waals surface area contributed by atoms with Crippen molar-refractivity contribution in [3.8, 4) is 5.75 Å². The highest BCUT2D eigenvalue weighted by Crippen LogP contribution is 2.08. The van der Waals surface area contributed by atoms with Crippen molar-refractivity contribution in [2.75, 3.05) is 19.8 Å². The molecule has 1 rings (SSSR count). The first kappa shape index (κ1) is 24.7. The summed E-state index contributed by atoms with van der Waals surface area (Å²) in [6.45, 7) is 4.43. The van der Waals surface area contributed by atoms with Gasteiger partial charge in [-0.05, 0) is 18.6 Å². The van der Waals surface area contributed by atoms with Crippen molar-refractivity contribution in [3.63, 3.8) is 0 Å². The number of unbranched alkanes of at least 4 members (excludes halogenated alkanes) is 5. The molecule has 0 spiro atoms. The molecular formula is C18H32O8. The van der Waals surface area contributed by atoms with Crippen LogP contribution in [0.3, 0.4) is 0 Å². The standard InChI is InChI=1S/C16H26O2.C2H6O6/c1-2-3-4-5-6-10-13-17-14-15-18-16-11-8-7-9-12-16;3-1(4,5)2(6,7)8/h7-9,11-12H,2-6,10,13-15H2,1H3;3-8H. The Morgan fingerprint density at radius 2 is 1.23 bits per heavy atom. The van der Waals surface area contributed by atoms with Crippen LogP contribution in [0.25, 0.3) is 0 Å². The van der Waals surface area contributed by atoms with Gasteiger partial charge in [-0.25, -0.2) is 0 Å². The van der Waals surface area contributed by atoms with Crippen LogP contribution in [0.15, 0.2) is 30.3 Å². The van der Waals surface area contributed by atoms with E-state index >= 15 is 0 Å². The Kier molecular flexibility index (Phi) is 13.2. The number of ether oxygens (including phenoxy) is 2. The molecule has 1 aromatic rings. The molecule has 0 aliphatic heterocycles. The van der Waals surface area contributed by atoms with E-state index in [4.69, 9.17) is 40.1 Å². The Morgan fingerprint density at radius 3 is 1.77 bits per heavy atom. The maximum atomic E-state index is 7.72.